The molecule has 8 nitrogen and oxygen atoms in total. The molecule has 0 aliphatic heterocycles. The molecule has 0 fully saturated rings. The SMILES string of the molecule is Cc1[nH]c(=O)[nH]c(=O)c1CC(=O)NCCCn1cc(Cl)cn1. The molecule has 0 spiro atoms. The van der Waals surface area contributed by atoms with Crippen LogP contribution < -0.4 is 16.6 Å². The molecule has 0 unspecified atom stereocenters. The quantitative estimate of drug-likeness (QED) is 0.647. The molecule has 0 aliphatic rings. The van der Waals surface area contributed by atoms with Crippen LogP contribution in [0, 0.1) is 6.92 Å². The number of nitrogens with zero attached hydrogens (tertiary/aromatic N) is 2. The van der Waals surface area contributed by atoms with Crippen LogP contribution in [0.2, 0.25) is 5.02 Å². The van der Waals surface area contributed by atoms with E-state index in [-0.39, 0.29) is 17.9 Å². The zero-order valence-electron chi connectivity index (χ0n) is 12.0. The summed E-state index contributed by atoms with van der Waals surface area (Å²) in [5.74, 6) is -0.279. The lowest BCUT2D eigenvalue weighted by Gasteiger charge is -2.06. The van der Waals surface area contributed by atoms with Crippen LogP contribution in [-0.2, 0) is 17.8 Å². The van der Waals surface area contributed by atoms with Gasteiger partial charge >= 0.3 is 5.69 Å². The normalized spacial score (nSPS) is 10.6. The molecule has 0 bridgehead atoms. The Balaban J connectivity index is 1.81. The summed E-state index contributed by atoms with van der Waals surface area (Å²) in [6.07, 6.45) is 3.86. The maximum absolute atomic E-state index is 11.8. The smallest absolute Gasteiger partial charge is 0.325 e. The van der Waals surface area contributed by atoms with E-state index in [4.69, 9.17) is 11.6 Å². The van der Waals surface area contributed by atoms with E-state index in [1.165, 1.54) is 0 Å². The first kappa shape index (κ1) is 16.0. The van der Waals surface area contributed by atoms with Crippen molar-refractivity contribution in [1.82, 2.24) is 25.1 Å². The molecule has 1 amide bonds. The van der Waals surface area contributed by atoms with Gasteiger partial charge in [-0.25, -0.2) is 4.79 Å². The van der Waals surface area contributed by atoms with Gasteiger partial charge in [0.25, 0.3) is 5.56 Å². The largest absolute Gasteiger partial charge is 0.356 e. The lowest BCUT2D eigenvalue weighted by atomic mass is 10.1. The zero-order valence-corrected chi connectivity index (χ0v) is 12.7. The maximum atomic E-state index is 11.8. The first-order valence-corrected chi connectivity index (χ1v) is 7.10. The Labute approximate surface area is 130 Å². The predicted molar refractivity (Wildman–Crippen MR) is 81.0 cm³/mol. The number of rotatable bonds is 6. The van der Waals surface area contributed by atoms with Crippen LogP contribution in [0.15, 0.2) is 22.0 Å². The third-order valence-corrected chi connectivity index (χ3v) is 3.28. The Morgan fingerprint density at radius 1 is 1.41 bits per heavy atom. The van der Waals surface area contributed by atoms with E-state index in [2.05, 4.69) is 20.4 Å². The fourth-order valence-electron chi connectivity index (χ4n) is 1.99. The number of amides is 1. The molecule has 2 heterocycles. The Morgan fingerprint density at radius 3 is 2.82 bits per heavy atom. The van der Waals surface area contributed by atoms with Gasteiger partial charge in [0.2, 0.25) is 5.91 Å². The summed E-state index contributed by atoms with van der Waals surface area (Å²) in [6, 6.07) is 0. The number of hydrogen-bond donors (Lipinski definition) is 3. The average molecular weight is 326 g/mol. The third-order valence-electron chi connectivity index (χ3n) is 3.08. The topological polar surface area (TPSA) is 113 Å². The minimum atomic E-state index is -0.579. The third kappa shape index (κ3) is 4.32. The van der Waals surface area contributed by atoms with Crippen LogP contribution in [0.5, 0.6) is 0 Å². The molecule has 0 saturated carbocycles. The molecule has 3 N–H and O–H groups in total. The Morgan fingerprint density at radius 2 is 2.18 bits per heavy atom. The minimum absolute atomic E-state index is 0.0778. The molecule has 0 aliphatic carbocycles. The summed E-state index contributed by atoms with van der Waals surface area (Å²) in [7, 11) is 0. The Hall–Kier alpha value is -2.35. The van der Waals surface area contributed by atoms with E-state index in [1.54, 1.807) is 24.0 Å². The van der Waals surface area contributed by atoms with E-state index in [0.29, 0.717) is 30.2 Å². The van der Waals surface area contributed by atoms with Crippen molar-refractivity contribution >= 4 is 17.5 Å². The van der Waals surface area contributed by atoms with Gasteiger partial charge in [0, 0.05) is 30.5 Å². The first-order chi connectivity index (χ1) is 10.5. The molecule has 22 heavy (non-hydrogen) atoms. The molecule has 0 radical (unpaired) electrons. The van der Waals surface area contributed by atoms with Gasteiger partial charge in [-0.15, -0.1) is 0 Å². The second-order valence-corrected chi connectivity index (χ2v) is 5.25. The number of carbonyl (C=O) groups is 1. The number of aromatic nitrogens is 4. The van der Waals surface area contributed by atoms with Gasteiger partial charge in [-0.3, -0.25) is 19.3 Å². The molecule has 2 aromatic heterocycles. The Bertz CT molecular complexity index is 776. The van der Waals surface area contributed by atoms with Crippen LogP contribution in [0.3, 0.4) is 0 Å². The molecule has 0 aromatic carbocycles. The molecule has 9 heteroatoms. The van der Waals surface area contributed by atoms with Crippen LogP contribution in [-0.4, -0.2) is 32.2 Å². The van der Waals surface area contributed by atoms with Crippen molar-refractivity contribution in [2.45, 2.75) is 26.3 Å². The van der Waals surface area contributed by atoms with Gasteiger partial charge in [-0.05, 0) is 13.3 Å². The summed E-state index contributed by atoms with van der Waals surface area (Å²) in [6.45, 7) is 2.67. The predicted octanol–water partition coefficient (Wildman–Crippen LogP) is -0.0295. The standard InChI is InChI=1S/C13H16ClN5O3/c1-8-10(12(21)18-13(22)17-8)5-11(20)15-3-2-4-19-7-9(14)6-16-19/h6-7H,2-5H2,1H3,(H,15,20)(H2,17,18,21,22). The lowest BCUT2D eigenvalue weighted by Crippen LogP contribution is -2.33. The van der Waals surface area contributed by atoms with Crippen molar-refractivity contribution in [3.63, 3.8) is 0 Å². The van der Waals surface area contributed by atoms with E-state index >= 15 is 0 Å². The number of hydrogen-bond acceptors (Lipinski definition) is 4. The zero-order chi connectivity index (χ0) is 16.1. The van der Waals surface area contributed by atoms with Crippen molar-refractivity contribution in [2.24, 2.45) is 0 Å². The molecule has 0 atom stereocenters. The van der Waals surface area contributed by atoms with Gasteiger partial charge < -0.3 is 10.3 Å². The second kappa shape index (κ2) is 7.08. The second-order valence-electron chi connectivity index (χ2n) is 4.81. The summed E-state index contributed by atoms with van der Waals surface area (Å²) in [4.78, 5) is 39.1. The van der Waals surface area contributed by atoms with Crippen LogP contribution in [0.4, 0.5) is 0 Å². The molecule has 0 saturated heterocycles. The number of aromatic amines is 2. The summed E-state index contributed by atoms with van der Waals surface area (Å²) >= 11 is 5.74. The van der Waals surface area contributed by atoms with Crippen molar-refractivity contribution < 1.29 is 4.79 Å². The molecular formula is C13H16ClN5O3. The summed E-state index contributed by atoms with van der Waals surface area (Å²) in [5, 5.41) is 7.31. The first-order valence-electron chi connectivity index (χ1n) is 6.72. The van der Waals surface area contributed by atoms with Gasteiger partial charge in [0.1, 0.15) is 0 Å². The van der Waals surface area contributed by atoms with Gasteiger partial charge in [0.05, 0.1) is 17.6 Å². The number of nitrogens with one attached hydrogen (secondary N) is 3. The number of carbonyl (C=O) groups excluding carboxylic acids is 1. The monoisotopic (exact) mass is 325 g/mol. The highest BCUT2D eigenvalue weighted by atomic mass is 35.5. The Kier molecular flexibility index (Phi) is 5.16. The average Bonchev–Trinajstić information content (AvgIpc) is 2.84. The fourth-order valence-corrected chi connectivity index (χ4v) is 2.15. The number of halogens is 1. The highest BCUT2D eigenvalue weighted by Gasteiger charge is 2.10. The molecular weight excluding hydrogens is 310 g/mol. The fraction of sp³-hybridized carbons (Fsp3) is 0.385. The van der Waals surface area contributed by atoms with E-state index in [9.17, 15) is 14.4 Å². The maximum Gasteiger partial charge on any atom is 0.325 e. The van der Waals surface area contributed by atoms with Crippen molar-refractivity contribution in [1.29, 1.82) is 0 Å². The van der Waals surface area contributed by atoms with E-state index < -0.39 is 11.2 Å². The molecule has 2 rings (SSSR count). The van der Waals surface area contributed by atoms with Gasteiger partial charge in [0.15, 0.2) is 0 Å². The van der Waals surface area contributed by atoms with Crippen molar-refractivity contribution in [3.05, 3.63) is 49.5 Å². The van der Waals surface area contributed by atoms with Crippen LogP contribution in [0.1, 0.15) is 17.7 Å². The highest BCUT2D eigenvalue weighted by Crippen LogP contribution is 2.04. The highest BCUT2D eigenvalue weighted by molar-refractivity contribution is 6.30. The molecule has 2 aromatic rings. The summed E-state index contributed by atoms with van der Waals surface area (Å²) < 4.78 is 1.69. The van der Waals surface area contributed by atoms with Crippen molar-refractivity contribution in [2.75, 3.05) is 6.54 Å². The van der Waals surface area contributed by atoms with E-state index in [1.807, 2.05) is 0 Å². The van der Waals surface area contributed by atoms with Crippen LogP contribution in [0.25, 0.3) is 0 Å². The van der Waals surface area contributed by atoms with Crippen molar-refractivity contribution in [3.8, 4) is 0 Å². The lowest BCUT2D eigenvalue weighted by molar-refractivity contribution is -0.120. The van der Waals surface area contributed by atoms with Gasteiger partial charge in [-0.2, -0.15) is 5.10 Å². The number of aryl methyl sites for hydroxylation is 2. The number of H-pyrrole nitrogens is 2. The molecule has 118 valence electrons. The minimum Gasteiger partial charge on any atom is -0.356 e. The van der Waals surface area contributed by atoms with E-state index in [0.717, 1.165) is 0 Å². The van der Waals surface area contributed by atoms with Gasteiger partial charge in [-0.1, -0.05) is 11.6 Å². The van der Waals surface area contributed by atoms with Crippen LogP contribution >= 0.6 is 11.6 Å². The summed E-state index contributed by atoms with van der Waals surface area (Å²) in [5.41, 5.74) is -0.460.